The summed E-state index contributed by atoms with van der Waals surface area (Å²) < 4.78 is 5.97. The number of ether oxygens (including phenoxy) is 1. The summed E-state index contributed by atoms with van der Waals surface area (Å²) in [6, 6.07) is 7.97. The number of aromatic nitrogens is 2. The Kier molecular flexibility index (Phi) is 4.23. The van der Waals surface area contributed by atoms with Crippen molar-refractivity contribution in [3.63, 3.8) is 0 Å². The van der Waals surface area contributed by atoms with E-state index in [1.54, 1.807) is 0 Å². The molecular formula is C16H21N3O. The molecule has 2 N–H and O–H groups in total. The van der Waals surface area contributed by atoms with Crippen LogP contribution in [0.3, 0.4) is 0 Å². The smallest absolute Gasteiger partial charge is 0.227 e. The van der Waals surface area contributed by atoms with Crippen LogP contribution in [0.15, 0.2) is 24.3 Å². The molecule has 0 aliphatic carbocycles. The Labute approximate surface area is 120 Å². The van der Waals surface area contributed by atoms with Crippen LogP contribution < -0.4 is 10.5 Å². The first kappa shape index (κ1) is 14.3. The lowest BCUT2D eigenvalue weighted by Crippen LogP contribution is -2.06. The lowest BCUT2D eigenvalue weighted by molar-refractivity contribution is 0.448. The van der Waals surface area contributed by atoms with E-state index in [1.165, 1.54) is 0 Å². The Morgan fingerprint density at radius 1 is 1.20 bits per heavy atom. The van der Waals surface area contributed by atoms with Gasteiger partial charge in [-0.15, -0.1) is 0 Å². The number of para-hydroxylation sites is 1. The normalized spacial score (nSPS) is 10.8. The quantitative estimate of drug-likeness (QED) is 0.917. The molecule has 0 aliphatic rings. The van der Waals surface area contributed by atoms with Crippen molar-refractivity contribution in [2.45, 2.75) is 40.0 Å². The van der Waals surface area contributed by atoms with Gasteiger partial charge in [0, 0.05) is 5.92 Å². The molecule has 0 atom stereocenters. The minimum absolute atomic E-state index is 0.210. The maximum Gasteiger partial charge on any atom is 0.227 e. The molecule has 20 heavy (non-hydrogen) atoms. The second-order valence-electron chi connectivity index (χ2n) is 5.12. The van der Waals surface area contributed by atoms with E-state index in [4.69, 9.17) is 10.5 Å². The van der Waals surface area contributed by atoms with E-state index < -0.39 is 0 Å². The summed E-state index contributed by atoms with van der Waals surface area (Å²) in [6.07, 6.45) is 0.910. The third-order valence-electron chi connectivity index (χ3n) is 3.23. The fraction of sp³-hybridized carbons (Fsp3) is 0.375. The Morgan fingerprint density at radius 3 is 2.55 bits per heavy atom. The lowest BCUT2D eigenvalue weighted by Gasteiger charge is -2.14. The van der Waals surface area contributed by atoms with Gasteiger partial charge in [0.05, 0.1) is 5.56 Å². The highest BCUT2D eigenvalue weighted by molar-refractivity contribution is 5.47. The molecule has 4 nitrogen and oxygen atoms in total. The molecule has 2 rings (SSSR count). The van der Waals surface area contributed by atoms with Gasteiger partial charge in [-0.05, 0) is 25.0 Å². The average molecular weight is 271 g/mol. The molecule has 1 heterocycles. The maximum atomic E-state index is 5.97. The number of benzene rings is 1. The number of hydrogen-bond acceptors (Lipinski definition) is 4. The molecule has 0 fully saturated rings. The van der Waals surface area contributed by atoms with Gasteiger partial charge in [-0.2, -0.15) is 4.98 Å². The third-order valence-corrected chi connectivity index (χ3v) is 3.23. The van der Waals surface area contributed by atoms with Crippen molar-refractivity contribution in [3.05, 3.63) is 41.2 Å². The topological polar surface area (TPSA) is 61.0 Å². The second kappa shape index (κ2) is 5.90. The summed E-state index contributed by atoms with van der Waals surface area (Å²) in [6.45, 7) is 8.05. The van der Waals surface area contributed by atoms with Gasteiger partial charge in [-0.25, -0.2) is 4.98 Å². The van der Waals surface area contributed by atoms with Gasteiger partial charge < -0.3 is 10.5 Å². The van der Waals surface area contributed by atoms with E-state index in [2.05, 4.69) is 23.0 Å². The van der Waals surface area contributed by atoms with E-state index in [9.17, 15) is 0 Å². The fourth-order valence-corrected chi connectivity index (χ4v) is 1.89. The standard InChI is InChI=1S/C16H21N3O/c1-5-12-8-6-7-9-13(12)20-16-11(4)14(17)18-15(19-16)10(2)3/h6-10H,5H2,1-4H3,(H2,17,18,19). The number of aryl methyl sites for hydroxylation is 1. The fourth-order valence-electron chi connectivity index (χ4n) is 1.89. The van der Waals surface area contributed by atoms with Gasteiger partial charge in [0.1, 0.15) is 17.4 Å². The summed E-state index contributed by atoms with van der Waals surface area (Å²) in [5.41, 5.74) is 7.88. The van der Waals surface area contributed by atoms with Crippen LogP contribution in [-0.4, -0.2) is 9.97 Å². The first-order chi connectivity index (χ1) is 9.52. The van der Waals surface area contributed by atoms with Crippen LogP contribution >= 0.6 is 0 Å². The second-order valence-corrected chi connectivity index (χ2v) is 5.12. The predicted molar refractivity (Wildman–Crippen MR) is 81.2 cm³/mol. The molecule has 0 unspecified atom stereocenters. The van der Waals surface area contributed by atoms with Gasteiger partial charge in [0.2, 0.25) is 5.88 Å². The van der Waals surface area contributed by atoms with Crippen LogP contribution in [0.25, 0.3) is 0 Å². The van der Waals surface area contributed by atoms with Gasteiger partial charge in [-0.1, -0.05) is 39.0 Å². The van der Waals surface area contributed by atoms with E-state index >= 15 is 0 Å². The van der Waals surface area contributed by atoms with Crippen molar-refractivity contribution in [3.8, 4) is 11.6 Å². The molecule has 1 aromatic carbocycles. The largest absolute Gasteiger partial charge is 0.438 e. The Bertz CT molecular complexity index is 609. The molecule has 4 heteroatoms. The lowest BCUT2D eigenvalue weighted by atomic mass is 10.1. The van der Waals surface area contributed by atoms with Crippen LogP contribution in [0, 0.1) is 6.92 Å². The number of nitrogen functional groups attached to an aromatic ring is 1. The van der Waals surface area contributed by atoms with E-state index in [0.717, 1.165) is 23.3 Å². The average Bonchev–Trinajstić information content (AvgIpc) is 2.44. The minimum Gasteiger partial charge on any atom is -0.438 e. The molecule has 0 aliphatic heterocycles. The summed E-state index contributed by atoms with van der Waals surface area (Å²) >= 11 is 0. The molecule has 0 saturated heterocycles. The highest BCUT2D eigenvalue weighted by Crippen LogP contribution is 2.29. The van der Waals surface area contributed by atoms with Gasteiger partial charge in [0.15, 0.2) is 0 Å². The summed E-state index contributed by atoms with van der Waals surface area (Å²) in [7, 11) is 0. The molecular weight excluding hydrogens is 250 g/mol. The number of nitrogens with zero attached hydrogens (tertiary/aromatic N) is 2. The molecule has 0 bridgehead atoms. The van der Waals surface area contributed by atoms with E-state index in [-0.39, 0.29) is 5.92 Å². The molecule has 0 saturated carbocycles. The van der Waals surface area contributed by atoms with Crippen molar-refractivity contribution in [1.82, 2.24) is 9.97 Å². The van der Waals surface area contributed by atoms with Gasteiger partial charge >= 0.3 is 0 Å². The van der Waals surface area contributed by atoms with Gasteiger partial charge in [0.25, 0.3) is 0 Å². The molecule has 0 radical (unpaired) electrons. The summed E-state index contributed by atoms with van der Waals surface area (Å²) in [4.78, 5) is 8.79. The third kappa shape index (κ3) is 2.90. The highest BCUT2D eigenvalue weighted by atomic mass is 16.5. The maximum absolute atomic E-state index is 5.97. The van der Waals surface area contributed by atoms with Crippen LogP contribution in [0.5, 0.6) is 11.6 Å². The van der Waals surface area contributed by atoms with Crippen molar-refractivity contribution in [1.29, 1.82) is 0 Å². The number of nitrogens with two attached hydrogens (primary N) is 1. The van der Waals surface area contributed by atoms with Crippen LogP contribution in [0.1, 0.15) is 43.6 Å². The monoisotopic (exact) mass is 271 g/mol. The highest BCUT2D eigenvalue weighted by Gasteiger charge is 2.14. The number of hydrogen-bond donors (Lipinski definition) is 1. The molecule has 0 amide bonds. The van der Waals surface area contributed by atoms with Crippen molar-refractivity contribution in [2.75, 3.05) is 5.73 Å². The summed E-state index contributed by atoms with van der Waals surface area (Å²) in [5.74, 6) is 2.76. The van der Waals surface area contributed by atoms with Crippen LogP contribution in [0.2, 0.25) is 0 Å². The first-order valence-corrected chi connectivity index (χ1v) is 6.92. The predicted octanol–water partition coefficient (Wildman–Crippen LogP) is 3.85. The molecule has 106 valence electrons. The zero-order valence-corrected chi connectivity index (χ0v) is 12.5. The number of rotatable bonds is 4. The Balaban J connectivity index is 2.42. The SMILES string of the molecule is CCc1ccccc1Oc1nc(C(C)C)nc(N)c1C. The zero-order chi connectivity index (χ0) is 14.7. The first-order valence-electron chi connectivity index (χ1n) is 6.92. The molecule has 2 aromatic rings. The van der Waals surface area contributed by atoms with Crippen molar-refractivity contribution in [2.24, 2.45) is 0 Å². The van der Waals surface area contributed by atoms with Crippen LogP contribution in [-0.2, 0) is 6.42 Å². The molecule has 0 spiro atoms. The van der Waals surface area contributed by atoms with Crippen molar-refractivity contribution < 1.29 is 4.74 Å². The zero-order valence-electron chi connectivity index (χ0n) is 12.5. The Hall–Kier alpha value is -2.10. The molecule has 1 aromatic heterocycles. The van der Waals surface area contributed by atoms with E-state index in [1.807, 2.05) is 39.0 Å². The van der Waals surface area contributed by atoms with E-state index in [0.29, 0.717) is 17.5 Å². The summed E-state index contributed by atoms with van der Waals surface area (Å²) in [5, 5.41) is 0. The van der Waals surface area contributed by atoms with Crippen LogP contribution in [0.4, 0.5) is 5.82 Å². The van der Waals surface area contributed by atoms with Crippen molar-refractivity contribution >= 4 is 5.82 Å². The number of anilines is 1. The van der Waals surface area contributed by atoms with Gasteiger partial charge in [-0.3, -0.25) is 0 Å². The minimum atomic E-state index is 0.210. The Morgan fingerprint density at radius 2 is 1.90 bits per heavy atom.